The molecule has 2 aromatic carbocycles. The molecule has 0 atom stereocenters. The largest absolute Gasteiger partial charge is 0.460 e. The van der Waals surface area contributed by atoms with Crippen molar-refractivity contribution >= 4 is 17.3 Å². The average molecular weight is 846 g/mol. The lowest BCUT2D eigenvalue weighted by atomic mass is 10.1. The number of carbonyl (C=O) groups is 1. The second-order valence-electron chi connectivity index (χ2n) is 13.6. The van der Waals surface area contributed by atoms with Gasteiger partial charge < -0.3 is 52.7 Å². The highest BCUT2D eigenvalue weighted by atomic mass is 19.4. The number of nitrogens with one attached hydrogen (secondary N) is 1. The summed E-state index contributed by atoms with van der Waals surface area (Å²) in [5.41, 5.74) is -0.0793. The van der Waals surface area contributed by atoms with E-state index in [-0.39, 0.29) is 24.5 Å². The molecular formula is C44H70F3NO11. The van der Waals surface area contributed by atoms with Crippen molar-refractivity contribution < 1.29 is 65.3 Å². The fourth-order valence-corrected chi connectivity index (χ4v) is 5.52. The Bertz CT molecular complexity index is 1270. The molecule has 0 fully saturated rings. The number of unbranched alkanes of at least 4 members (excludes halogenated alkanes) is 9. The van der Waals surface area contributed by atoms with Crippen molar-refractivity contribution in [3.05, 3.63) is 59.7 Å². The second kappa shape index (κ2) is 36.9. The molecule has 0 bridgehead atoms. The van der Waals surface area contributed by atoms with E-state index in [1.165, 1.54) is 76.0 Å². The smallest absolute Gasteiger partial charge is 0.416 e. The molecule has 0 aliphatic carbocycles. The molecular weight excluding hydrogens is 775 g/mol. The standard InChI is InChI=1S/C44H70F3NO11/c1-2-3-4-5-6-7-8-9-10-13-19-50-20-21-51-22-23-52-24-25-53-26-27-54-28-29-55-30-31-56-32-33-57-34-35-58-36-37-59-43(49)41-17-11-12-18-42(41)48-40-16-14-15-39(38-40)44(45,46)47/h11-12,14-18,38,48H,2-10,13,19-37H2,1H3. The Balaban J connectivity index is 1.25. The fraction of sp³-hybridized carbons (Fsp3) is 0.705. The lowest BCUT2D eigenvalue weighted by Gasteiger charge is -2.13. The average Bonchev–Trinajstić information content (AvgIpc) is 3.23. The molecule has 0 aliphatic rings. The number of halogens is 3. The Hall–Kier alpha value is -2.86. The van der Waals surface area contributed by atoms with Crippen molar-refractivity contribution in [2.24, 2.45) is 0 Å². The third kappa shape index (κ3) is 29.9. The molecule has 2 rings (SSSR count). The zero-order valence-corrected chi connectivity index (χ0v) is 35.2. The van der Waals surface area contributed by atoms with Crippen LogP contribution in [0.5, 0.6) is 0 Å². The number of para-hydroxylation sites is 1. The van der Waals surface area contributed by atoms with Gasteiger partial charge in [0.25, 0.3) is 0 Å². The molecule has 0 spiro atoms. The summed E-state index contributed by atoms with van der Waals surface area (Å²) in [7, 11) is 0. The number of hydrogen-bond donors (Lipinski definition) is 1. The lowest BCUT2D eigenvalue weighted by Crippen LogP contribution is -2.16. The van der Waals surface area contributed by atoms with E-state index in [2.05, 4.69) is 12.2 Å². The molecule has 0 aliphatic heterocycles. The van der Waals surface area contributed by atoms with Gasteiger partial charge in [-0.25, -0.2) is 4.79 Å². The molecule has 0 amide bonds. The molecule has 0 aromatic heterocycles. The normalized spacial score (nSPS) is 11.7. The maximum atomic E-state index is 13.1. The number of anilines is 2. The van der Waals surface area contributed by atoms with Gasteiger partial charge in [-0.3, -0.25) is 0 Å². The summed E-state index contributed by atoms with van der Waals surface area (Å²) in [6.45, 7) is 10.8. The van der Waals surface area contributed by atoms with Gasteiger partial charge in [0.15, 0.2) is 0 Å². The number of alkyl halides is 3. The fourth-order valence-electron chi connectivity index (χ4n) is 5.52. The Morgan fingerprint density at radius 3 is 1.31 bits per heavy atom. The van der Waals surface area contributed by atoms with Gasteiger partial charge in [-0.05, 0) is 36.8 Å². The van der Waals surface area contributed by atoms with Gasteiger partial charge in [-0.1, -0.05) is 82.9 Å². The lowest BCUT2D eigenvalue weighted by molar-refractivity contribution is -0.137. The monoisotopic (exact) mass is 845 g/mol. The Kier molecular flexibility index (Phi) is 32.7. The minimum Gasteiger partial charge on any atom is -0.460 e. The van der Waals surface area contributed by atoms with Gasteiger partial charge in [-0.15, -0.1) is 0 Å². The summed E-state index contributed by atoms with van der Waals surface area (Å²) in [4.78, 5) is 12.6. The first-order chi connectivity index (χ1) is 28.9. The van der Waals surface area contributed by atoms with Crippen LogP contribution < -0.4 is 5.32 Å². The van der Waals surface area contributed by atoms with E-state index >= 15 is 0 Å². The highest BCUT2D eigenvalue weighted by Gasteiger charge is 2.30. The molecule has 12 nitrogen and oxygen atoms in total. The minimum atomic E-state index is -4.48. The maximum absolute atomic E-state index is 13.1. The van der Waals surface area contributed by atoms with Gasteiger partial charge in [0.05, 0.1) is 129 Å². The number of esters is 1. The zero-order valence-electron chi connectivity index (χ0n) is 35.2. The van der Waals surface area contributed by atoms with Gasteiger partial charge in [0, 0.05) is 12.3 Å². The van der Waals surface area contributed by atoms with Crippen LogP contribution >= 0.6 is 0 Å². The summed E-state index contributed by atoms with van der Waals surface area (Å²) in [5.74, 6) is -0.625. The predicted molar refractivity (Wildman–Crippen MR) is 221 cm³/mol. The third-order valence-electron chi connectivity index (χ3n) is 8.70. The molecule has 2 aromatic rings. The van der Waals surface area contributed by atoms with Crippen molar-refractivity contribution in [2.45, 2.75) is 77.3 Å². The molecule has 0 saturated carbocycles. The van der Waals surface area contributed by atoms with E-state index < -0.39 is 17.7 Å². The van der Waals surface area contributed by atoms with Crippen molar-refractivity contribution in [1.82, 2.24) is 0 Å². The van der Waals surface area contributed by atoms with Crippen LogP contribution in [-0.2, 0) is 53.5 Å². The van der Waals surface area contributed by atoms with Crippen molar-refractivity contribution in [1.29, 1.82) is 0 Å². The van der Waals surface area contributed by atoms with Crippen LogP contribution in [0.25, 0.3) is 0 Å². The van der Waals surface area contributed by atoms with E-state index in [1.54, 1.807) is 18.2 Å². The zero-order chi connectivity index (χ0) is 42.3. The molecule has 0 saturated heterocycles. The van der Waals surface area contributed by atoms with Gasteiger partial charge in [0.1, 0.15) is 6.61 Å². The van der Waals surface area contributed by atoms with Crippen molar-refractivity contribution in [2.75, 3.05) is 131 Å². The van der Waals surface area contributed by atoms with E-state index in [0.717, 1.165) is 25.2 Å². The first-order valence-electron chi connectivity index (χ1n) is 21.3. The molecule has 1 N–H and O–H groups in total. The van der Waals surface area contributed by atoms with Gasteiger partial charge in [0.2, 0.25) is 0 Å². The highest BCUT2D eigenvalue weighted by molar-refractivity contribution is 5.96. The maximum Gasteiger partial charge on any atom is 0.416 e. The molecule has 338 valence electrons. The van der Waals surface area contributed by atoms with Gasteiger partial charge in [-0.2, -0.15) is 13.2 Å². The van der Waals surface area contributed by atoms with Crippen LogP contribution in [-0.4, -0.2) is 132 Å². The Labute approximate surface area is 350 Å². The Morgan fingerprint density at radius 1 is 0.475 bits per heavy atom. The van der Waals surface area contributed by atoms with Crippen molar-refractivity contribution in [3.63, 3.8) is 0 Å². The number of benzene rings is 2. The summed E-state index contributed by atoms with van der Waals surface area (Å²) in [6, 6.07) is 11.2. The predicted octanol–water partition coefficient (Wildman–Crippen LogP) is 8.68. The van der Waals surface area contributed by atoms with Crippen LogP contribution in [0.4, 0.5) is 24.5 Å². The molecule has 15 heteroatoms. The van der Waals surface area contributed by atoms with Crippen molar-refractivity contribution in [3.8, 4) is 0 Å². The third-order valence-corrected chi connectivity index (χ3v) is 8.70. The van der Waals surface area contributed by atoms with Gasteiger partial charge >= 0.3 is 12.1 Å². The van der Waals surface area contributed by atoms with Crippen LogP contribution in [0, 0.1) is 0 Å². The topological polar surface area (TPSA) is 121 Å². The first-order valence-corrected chi connectivity index (χ1v) is 21.3. The number of hydrogen-bond acceptors (Lipinski definition) is 12. The summed E-state index contributed by atoms with van der Waals surface area (Å²) in [5, 5.41) is 2.86. The van der Waals surface area contributed by atoms with Crippen LogP contribution in [0.1, 0.15) is 87.1 Å². The number of carbonyl (C=O) groups excluding carboxylic acids is 1. The number of ether oxygens (including phenoxy) is 10. The van der Waals surface area contributed by atoms with E-state index in [4.69, 9.17) is 47.4 Å². The summed E-state index contributed by atoms with van der Waals surface area (Å²) < 4.78 is 94.1. The second-order valence-corrected chi connectivity index (χ2v) is 13.6. The molecule has 0 heterocycles. The molecule has 0 radical (unpaired) electrons. The Morgan fingerprint density at radius 2 is 0.864 bits per heavy atom. The highest BCUT2D eigenvalue weighted by Crippen LogP contribution is 2.32. The van der Waals surface area contributed by atoms with E-state index in [0.29, 0.717) is 111 Å². The van der Waals surface area contributed by atoms with Crippen LogP contribution in [0.15, 0.2) is 48.5 Å². The van der Waals surface area contributed by atoms with E-state index in [9.17, 15) is 18.0 Å². The first kappa shape index (κ1) is 52.3. The van der Waals surface area contributed by atoms with Crippen LogP contribution in [0.2, 0.25) is 0 Å². The van der Waals surface area contributed by atoms with Crippen LogP contribution in [0.3, 0.4) is 0 Å². The quantitative estimate of drug-likeness (QED) is 0.0509. The van der Waals surface area contributed by atoms with E-state index in [1.807, 2.05) is 0 Å². The molecule has 59 heavy (non-hydrogen) atoms. The SMILES string of the molecule is CCCCCCCCCCCCOCCOCCOCCOCCOCCOCCOCCOCCOCCOC(=O)c1ccccc1Nc1cccc(C(F)(F)F)c1. The summed E-state index contributed by atoms with van der Waals surface area (Å²) >= 11 is 0. The molecule has 0 unspecified atom stereocenters. The minimum absolute atomic E-state index is 0.00148. The number of rotatable bonds is 41. The summed E-state index contributed by atoms with van der Waals surface area (Å²) in [6.07, 6.45) is 8.80.